The van der Waals surface area contributed by atoms with Crippen molar-refractivity contribution in [3.63, 3.8) is 0 Å². The van der Waals surface area contributed by atoms with E-state index >= 15 is 0 Å². The Morgan fingerprint density at radius 2 is 1.90 bits per heavy atom. The minimum atomic E-state index is 1.02. The van der Waals surface area contributed by atoms with Gasteiger partial charge in [0.1, 0.15) is 0 Å². The molecule has 0 atom stereocenters. The van der Waals surface area contributed by atoms with E-state index in [1.807, 2.05) is 18.2 Å². The molecule has 0 fully saturated rings. The third kappa shape index (κ3) is 1.77. The SMILES string of the molecule is CC[N]([Al+2])c1ccccc1. The Morgan fingerprint density at radius 1 is 1.30 bits per heavy atom. The third-order valence-electron chi connectivity index (χ3n) is 1.43. The van der Waals surface area contributed by atoms with Crippen LogP contribution in [0.25, 0.3) is 0 Å². The Balaban J connectivity index is 2.75. The molecule has 0 spiro atoms. The molecule has 0 bridgehead atoms. The number of hydrogen-bond acceptors (Lipinski definition) is 1. The molecule has 0 aliphatic rings. The van der Waals surface area contributed by atoms with Crippen LogP contribution < -0.4 is 3.88 Å². The summed E-state index contributed by atoms with van der Waals surface area (Å²) in [6.07, 6.45) is 0. The van der Waals surface area contributed by atoms with E-state index in [0.717, 1.165) is 6.54 Å². The zero-order valence-corrected chi connectivity index (χ0v) is 7.27. The predicted octanol–water partition coefficient (Wildman–Crippen LogP) is 1.60. The summed E-state index contributed by atoms with van der Waals surface area (Å²) in [6, 6.07) is 10.3. The molecular formula is C8H10AlN+2. The first-order chi connectivity index (χ1) is 4.84. The van der Waals surface area contributed by atoms with Gasteiger partial charge in [-0.3, -0.25) is 0 Å². The average Bonchev–Trinajstić information content (AvgIpc) is 2.05. The van der Waals surface area contributed by atoms with Gasteiger partial charge in [0.15, 0.2) is 0 Å². The van der Waals surface area contributed by atoms with Crippen LogP contribution in [0.5, 0.6) is 0 Å². The van der Waals surface area contributed by atoms with Crippen molar-refractivity contribution in [1.29, 1.82) is 0 Å². The average molecular weight is 147 g/mol. The maximum atomic E-state index is 2.68. The third-order valence-corrected chi connectivity index (χ3v) is 2.09. The summed E-state index contributed by atoms with van der Waals surface area (Å²) in [6.45, 7) is 3.15. The molecule has 0 aliphatic carbocycles. The molecule has 0 unspecified atom stereocenters. The van der Waals surface area contributed by atoms with Gasteiger partial charge >= 0.3 is 69.9 Å². The zero-order chi connectivity index (χ0) is 7.40. The van der Waals surface area contributed by atoms with Crippen LogP contribution in [0.1, 0.15) is 6.92 Å². The summed E-state index contributed by atoms with van der Waals surface area (Å²) in [4.78, 5) is 0. The second-order valence-electron chi connectivity index (χ2n) is 2.12. The van der Waals surface area contributed by atoms with Gasteiger partial charge in [-0.05, 0) is 0 Å². The molecule has 1 aromatic carbocycles. The van der Waals surface area contributed by atoms with Gasteiger partial charge in [0.2, 0.25) is 0 Å². The van der Waals surface area contributed by atoms with Crippen molar-refractivity contribution in [3.8, 4) is 0 Å². The van der Waals surface area contributed by atoms with Gasteiger partial charge in [0.25, 0.3) is 0 Å². The number of para-hydroxylation sites is 1. The Kier molecular flexibility index (Phi) is 2.80. The Hall–Kier alpha value is -0.448. The fourth-order valence-corrected chi connectivity index (χ4v) is 0.974. The van der Waals surface area contributed by atoms with Crippen LogP contribution >= 0.6 is 0 Å². The summed E-state index contributed by atoms with van der Waals surface area (Å²) in [5, 5.41) is 0. The topological polar surface area (TPSA) is 3.24 Å². The van der Waals surface area contributed by atoms with Crippen molar-refractivity contribution in [2.75, 3.05) is 10.4 Å². The summed E-state index contributed by atoms with van der Waals surface area (Å²) < 4.78 is 2.12. The number of benzene rings is 1. The Labute approximate surface area is 70.3 Å². The van der Waals surface area contributed by atoms with Crippen molar-refractivity contribution in [2.24, 2.45) is 0 Å². The quantitative estimate of drug-likeness (QED) is 0.574. The number of nitrogens with zero attached hydrogens (tertiary/aromatic N) is 1. The first-order valence-electron chi connectivity index (χ1n) is 3.42. The summed E-state index contributed by atoms with van der Waals surface area (Å²) in [7, 11) is 0. The van der Waals surface area contributed by atoms with Gasteiger partial charge in [0, 0.05) is 0 Å². The molecule has 0 radical (unpaired) electrons. The first-order valence-corrected chi connectivity index (χ1v) is 3.93. The number of anilines is 1. The molecule has 1 rings (SSSR count). The van der Waals surface area contributed by atoms with Gasteiger partial charge in [-0.25, -0.2) is 0 Å². The molecule has 48 valence electrons. The molecule has 1 aromatic rings. The van der Waals surface area contributed by atoms with Gasteiger partial charge in [-0.15, -0.1) is 0 Å². The van der Waals surface area contributed by atoms with Gasteiger partial charge in [-0.1, -0.05) is 0 Å². The predicted molar refractivity (Wildman–Crippen MR) is 45.2 cm³/mol. The number of rotatable bonds is 2. The van der Waals surface area contributed by atoms with Crippen LogP contribution in [0.4, 0.5) is 5.69 Å². The second-order valence-corrected chi connectivity index (χ2v) is 2.74. The minimum absolute atomic E-state index is 1.02. The Bertz CT molecular complexity index is 186. The maximum absolute atomic E-state index is 2.68. The van der Waals surface area contributed by atoms with E-state index < -0.39 is 0 Å². The number of hydrogen-bond donors (Lipinski definition) is 0. The summed E-state index contributed by atoms with van der Waals surface area (Å²) in [5.41, 5.74) is 1.25. The van der Waals surface area contributed by atoms with Gasteiger partial charge in [-0.2, -0.15) is 0 Å². The van der Waals surface area contributed by atoms with Crippen molar-refractivity contribution in [3.05, 3.63) is 30.3 Å². The molecule has 0 amide bonds. The van der Waals surface area contributed by atoms with Crippen molar-refractivity contribution in [1.82, 2.24) is 0 Å². The Morgan fingerprint density at radius 3 is 2.40 bits per heavy atom. The monoisotopic (exact) mass is 147 g/mol. The van der Waals surface area contributed by atoms with E-state index in [-0.39, 0.29) is 0 Å². The summed E-state index contributed by atoms with van der Waals surface area (Å²) in [5.74, 6) is 0. The van der Waals surface area contributed by atoms with Crippen LogP contribution in [-0.2, 0) is 0 Å². The molecule has 10 heavy (non-hydrogen) atoms. The van der Waals surface area contributed by atoms with Gasteiger partial charge < -0.3 is 0 Å². The molecule has 2 heteroatoms. The van der Waals surface area contributed by atoms with E-state index in [0.29, 0.717) is 0 Å². The normalized spacial score (nSPS) is 9.50. The molecule has 0 saturated carbocycles. The second kappa shape index (κ2) is 3.66. The zero-order valence-electron chi connectivity index (χ0n) is 6.12. The van der Waals surface area contributed by atoms with Crippen molar-refractivity contribution >= 4 is 22.2 Å². The molecular weight excluding hydrogens is 137 g/mol. The van der Waals surface area contributed by atoms with E-state index in [4.69, 9.17) is 0 Å². The molecule has 0 saturated heterocycles. The van der Waals surface area contributed by atoms with E-state index in [1.54, 1.807) is 0 Å². The molecule has 0 N–H and O–H groups in total. The van der Waals surface area contributed by atoms with Gasteiger partial charge in [0.05, 0.1) is 0 Å². The molecule has 0 aliphatic heterocycles. The van der Waals surface area contributed by atoms with E-state index in [2.05, 4.69) is 39.5 Å². The van der Waals surface area contributed by atoms with Crippen molar-refractivity contribution < 1.29 is 0 Å². The van der Waals surface area contributed by atoms with Crippen LogP contribution in [0.2, 0.25) is 0 Å². The van der Waals surface area contributed by atoms with E-state index in [9.17, 15) is 0 Å². The van der Waals surface area contributed by atoms with Crippen molar-refractivity contribution in [2.45, 2.75) is 6.92 Å². The fourth-order valence-electron chi connectivity index (χ4n) is 0.802. The molecule has 0 heterocycles. The molecule has 1 nitrogen and oxygen atoms in total. The van der Waals surface area contributed by atoms with Crippen LogP contribution in [0.3, 0.4) is 0 Å². The molecule has 0 aromatic heterocycles. The van der Waals surface area contributed by atoms with E-state index in [1.165, 1.54) is 5.69 Å². The van der Waals surface area contributed by atoms with Crippen LogP contribution in [0.15, 0.2) is 30.3 Å². The standard InChI is InChI=1S/C8H10N.Al/c1-2-9-8-6-4-3-5-7-8;/h3-7H,2H2,1H3;/q-1;+3. The fraction of sp³-hybridized carbons (Fsp3) is 0.250. The van der Waals surface area contributed by atoms with Crippen LogP contribution in [0, 0.1) is 0 Å². The van der Waals surface area contributed by atoms with Crippen LogP contribution in [-0.4, -0.2) is 23.1 Å². The summed E-state index contributed by atoms with van der Waals surface area (Å²) >= 11 is 2.68. The first kappa shape index (κ1) is 7.66.